The van der Waals surface area contributed by atoms with E-state index in [1.54, 1.807) is 27.9 Å². The monoisotopic (exact) mass is 748 g/mol. The van der Waals surface area contributed by atoms with E-state index in [0.717, 1.165) is 0 Å². The lowest BCUT2D eigenvalue weighted by Crippen LogP contribution is -2.60. The molecule has 3 rings (SSSR count). The van der Waals surface area contributed by atoms with E-state index in [2.05, 4.69) is 6.92 Å². The van der Waals surface area contributed by atoms with Crippen LogP contribution in [0, 0.1) is 29.6 Å². The first-order valence-corrected chi connectivity index (χ1v) is 19.5. The number of nitrogens with zero attached hydrogens (tertiary/aromatic N) is 1. The molecule has 0 aromatic rings. The molecule has 0 aromatic carbocycles. The highest BCUT2D eigenvalue weighted by Gasteiger charge is 2.52. The van der Waals surface area contributed by atoms with Crippen LogP contribution in [0.3, 0.4) is 0 Å². The Kier molecular flexibility index (Phi) is 16.0. The van der Waals surface area contributed by atoms with Crippen LogP contribution < -0.4 is 0 Å². The van der Waals surface area contributed by atoms with Crippen LogP contribution in [0.15, 0.2) is 0 Å². The number of ether oxygens (including phenoxy) is 6. The first kappa shape index (κ1) is 45.4. The van der Waals surface area contributed by atoms with Crippen molar-refractivity contribution in [3.05, 3.63) is 0 Å². The number of esters is 1. The third-order valence-electron chi connectivity index (χ3n) is 12.7. The lowest BCUT2D eigenvalue weighted by atomic mass is 9.74. The van der Waals surface area contributed by atoms with Crippen LogP contribution >= 0.6 is 0 Å². The van der Waals surface area contributed by atoms with Gasteiger partial charge in [-0.2, -0.15) is 0 Å². The van der Waals surface area contributed by atoms with Crippen molar-refractivity contribution in [2.45, 2.75) is 186 Å². The van der Waals surface area contributed by atoms with Crippen LogP contribution in [-0.2, 0) is 33.2 Å². The van der Waals surface area contributed by atoms with Crippen molar-refractivity contribution in [3.8, 4) is 0 Å². The maximum atomic E-state index is 14.2. The summed E-state index contributed by atoms with van der Waals surface area (Å²) < 4.78 is 38.1. The average Bonchev–Trinajstić information content (AvgIpc) is 3.06. The number of carbonyl (C=O) groups is 1. The zero-order chi connectivity index (χ0) is 39.5. The Balaban J connectivity index is 2.15. The molecule has 306 valence electrons. The molecular formula is C39H73NO12. The molecule has 13 nitrogen and oxygen atoms in total. The van der Waals surface area contributed by atoms with Gasteiger partial charge in [0, 0.05) is 38.0 Å². The summed E-state index contributed by atoms with van der Waals surface area (Å²) in [4.78, 5) is 16.0. The minimum Gasteiger partial charge on any atom is -0.459 e. The molecule has 0 spiro atoms. The van der Waals surface area contributed by atoms with Gasteiger partial charge in [0.2, 0.25) is 0 Å². The van der Waals surface area contributed by atoms with E-state index in [1.165, 1.54) is 6.92 Å². The fraction of sp³-hybridized carbons (Fsp3) is 0.974. The predicted octanol–water partition coefficient (Wildman–Crippen LogP) is 3.24. The number of aliphatic hydroxyl groups excluding tert-OH is 3. The first-order valence-electron chi connectivity index (χ1n) is 19.5. The van der Waals surface area contributed by atoms with Crippen LogP contribution in [0.4, 0.5) is 0 Å². The summed E-state index contributed by atoms with van der Waals surface area (Å²) in [7, 11) is 3.49. The molecule has 0 saturated carbocycles. The van der Waals surface area contributed by atoms with Crippen molar-refractivity contribution in [2.24, 2.45) is 29.6 Å². The highest BCUT2D eigenvalue weighted by atomic mass is 16.7. The maximum Gasteiger partial charge on any atom is 0.311 e. The molecule has 3 heterocycles. The molecule has 3 aliphatic rings. The SMILES string of the molecule is CC[C@H]1OC(=O)[C@H](C)[C@@H](O[C@H]2C[C@@](C)(OC)[C@@H](C)[C@H](C)O2)[C@H](C)[C@@H](O[C@@H]2O[C@H](C)C[C@H](N(C)CCO)[C@H]2O)[C@@](C)(O)C[C@@H](C)C[C@H](C)[C@@H](O)[C@]1(C)O. The van der Waals surface area contributed by atoms with Crippen LogP contribution in [-0.4, -0.2) is 142 Å². The molecule has 0 aliphatic carbocycles. The number of cyclic esters (lactones) is 1. The molecule has 13 heteroatoms. The second kappa shape index (κ2) is 18.3. The number of likely N-dealkylation sites (N-methyl/N-ethyl adjacent to an activating group) is 1. The highest BCUT2D eigenvalue weighted by molar-refractivity contribution is 5.73. The molecule has 0 bridgehead atoms. The zero-order valence-electron chi connectivity index (χ0n) is 34.2. The highest BCUT2D eigenvalue weighted by Crippen LogP contribution is 2.42. The zero-order valence-corrected chi connectivity index (χ0v) is 34.2. The first-order chi connectivity index (χ1) is 24.0. The van der Waals surface area contributed by atoms with Gasteiger partial charge in [0.1, 0.15) is 17.8 Å². The van der Waals surface area contributed by atoms with Crippen LogP contribution in [0.1, 0.15) is 108 Å². The summed E-state index contributed by atoms with van der Waals surface area (Å²) >= 11 is 0. The Morgan fingerprint density at radius 3 is 2.15 bits per heavy atom. The van der Waals surface area contributed by atoms with E-state index >= 15 is 0 Å². The summed E-state index contributed by atoms with van der Waals surface area (Å²) in [6, 6.07) is -0.383. The topological polar surface area (TPSA) is 177 Å². The molecule has 3 saturated heterocycles. The minimum atomic E-state index is -1.74. The van der Waals surface area contributed by atoms with Gasteiger partial charge in [0.05, 0.1) is 54.2 Å². The lowest BCUT2D eigenvalue weighted by Gasteiger charge is -2.49. The second-order valence-corrected chi connectivity index (χ2v) is 17.3. The summed E-state index contributed by atoms with van der Waals surface area (Å²) in [6.45, 7) is 20.5. The van der Waals surface area contributed by atoms with Gasteiger partial charge < -0.3 is 54.0 Å². The fourth-order valence-corrected chi connectivity index (χ4v) is 9.13. The summed E-state index contributed by atoms with van der Waals surface area (Å²) in [5.41, 5.74) is -3.88. The smallest absolute Gasteiger partial charge is 0.311 e. The molecule has 5 N–H and O–H groups in total. The quantitative estimate of drug-likeness (QED) is 0.218. The van der Waals surface area contributed by atoms with E-state index in [-0.39, 0.29) is 49.5 Å². The lowest BCUT2D eigenvalue weighted by molar-refractivity contribution is -0.314. The third-order valence-corrected chi connectivity index (χ3v) is 12.7. The largest absolute Gasteiger partial charge is 0.459 e. The molecule has 0 unspecified atom stereocenters. The van der Waals surface area contributed by atoms with Gasteiger partial charge in [-0.3, -0.25) is 9.69 Å². The van der Waals surface area contributed by atoms with Gasteiger partial charge in [-0.1, -0.05) is 34.6 Å². The second-order valence-electron chi connectivity index (χ2n) is 17.3. The molecule has 3 fully saturated rings. The Labute approximate surface area is 312 Å². The molecule has 3 aliphatic heterocycles. The number of hydrogen-bond acceptors (Lipinski definition) is 13. The normalized spacial score (nSPS) is 49.0. The van der Waals surface area contributed by atoms with E-state index in [4.69, 9.17) is 28.4 Å². The number of carbonyl (C=O) groups excluding carboxylic acids is 1. The summed E-state index contributed by atoms with van der Waals surface area (Å²) in [6.07, 6.45) is -5.98. The maximum absolute atomic E-state index is 14.2. The predicted molar refractivity (Wildman–Crippen MR) is 195 cm³/mol. The molecule has 0 aromatic heterocycles. The van der Waals surface area contributed by atoms with Gasteiger partial charge in [-0.05, 0) is 86.1 Å². The molecular weight excluding hydrogens is 674 g/mol. The summed E-state index contributed by atoms with van der Waals surface area (Å²) in [5.74, 6) is -2.82. The molecule has 0 radical (unpaired) electrons. The molecule has 52 heavy (non-hydrogen) atoms. The number of rotatable bonds is 9. The van der Waals surface area contributed by atoms with Crippen molar-refractivity contribution in [2.75, 3.05) is 27.3 Å². The van der Waals surface area contributed by atoms with E-state index < -0.39 is 83.6 Å². The van der Waals surface area contributed by atoms with Gasteiger partial charge >= 0.3 is 5.97 Å². The third kappa shape index (κ3) is 10.3. The van der Waals surface area contributed by atoms with Crippen LogP contribution in [0.25, 0.3) is 0 Å². The van der Waals surface area contributed by atoms with Crippen molar-refractivity contribution in [1.82, 2.24) is 4.90 Å². The molecule has 18 atom stereocenters. The van der Waals surface area contributed by atoms with Crippen LogP contribution in [0.2, 0.25) is 0 Å². The average molecular weight is 748 g/mol. The van der Waals surface area contributed by atoms with Crippen molar-refractivity contribution < 1.29 is 58.7 Å². The Bertz CT molecular complexity index is 1120. The Morgan fingerprint density at radius 1 is 0.942 bits per heavy atom. The Morgan fingerprint density at radius 2 is 1.58 bits per heavy atom. The Hall–Kier alpha value is -0.970. The standard InChI is InChI=1S/C39H73NO12/c1-14-29-39(11,46)33(43)22(3)17-21(2)19-37(9,45)34(52-36-31(42)28(18-23(4)48-36)40(12)15-16-41)24(5)32(25(6)35(44)50-29)51-30-20-38(10,47-13)26(7)27(8)49-30/h21-34,36,41-43,45-46H,14-20H2,1-13H3/t21-,22-,23+,24-,25+,26-,27-,28-,29+,30-,31+,32-,33+,34+,36-,37-,38+,39+/m0/s1. The van der Waals surface area contributed by atoms with E-state index in [0.29, 0.717) is 25.8 Å². The fourth-order valence-electron chi connectivity index (χ4n) is 9.13. The van der Waals surface area contributed by atoms with Crippen molar-refractivity contribution in [3.63, 3.8) is 0 Å². The number of methoxy groups -OCH3 is 1. The van der Waals surface area contributed by atoms with Crippen molar-refractivity contribution >= 4 is 5.97 Å². The summed E-state index contributed by atoms with van der Waals surface area (Å²) in [5, 5.41) is 56.8. The van der Waals surface area contributed by atoms with Crippen molar-refractivity contribution in [1.29, 1.82) is 0 Å². The minimum absolute atomic E-state index is 0.0460. The molecule has 0 amide bonds. The van der Waals surface area contributed by atoms with Gasteiger partial charge in [0.15, 0.2) is 12.6 Å². The van der Waals surface area contributed by atoms with Gasteiger partial charge in [-0.15, -0.1) is 0 Å². The number of hydrogen-bond donors (Lipinski definition) is 5. The van der Waals surface area contributed by atoms with E-state index in [1.807, 2.05) is 53.5 Å². The number of aliphatic hydroxyl groups is 5. The van der Waals surface area contributed by atoms with Gasteiger partial charge in [0.25, 0.3) is 0 Å². The van der Waals surface area contributed by atoms with Crippen LogP contribution in [0.5, 0.6) is 0 Å². The van der Waals surface area contributed by atoms with Gasteiger partial charge in [-0.25, -0.2) is 0 Å². The van der Waals surface area contributed by atoms with E-state index in [9.17, 15) is 30.3 Å².